The summed E-state index contributed by atoms with van der Waals surface area (Å²) in [5.41, 5.74) is 0.796. The van der Waals surface area contributed by atoms with Crippen molar-refractivity contribution in [3.05, 3.63) is 34.9 Å². The minimum absolute atomic E-state index is 0.137. The maximum atomic E-state index is 12.4. The predicted molar refractivity (Wildman–Crippen MR) is 93.9 cm³/mol. The van der Waals surface area contributed by atoms with Crippen molar-refractivity contribution in [1.29, 1.82) is 0 Å². The van der Waals surface area contributed by atoms with Gasteiger partial charge in [-0.3, -0.25) is 4.79 Å². The van der Waals surface area contributed by atoms with Crippen LogP contribution in [0.25, 0.3) is 0 Å². The second-order valence-corrected chi connectivity index (χ2v) is 7.96. The van der Waals surface area contributed by atoms with Crippen LogP contribution >= 0.6 is 11.6 Å². The molecule has 0 aliphatic heterocycles. The topological polar surface area (TPSA) is 57.7 Å². The summed E-state index contributed by atoms with van der Waals surface area (Å²) in [7, 11) is -3.48. The van der Waals surface area contributed by atoms with E-state index < -0.39 is 10.0 Å². The Morgan fingerprint density at radius 2 is 1.61 bits per heavy atom. The van der Waals surface area contributed by atoms with Crippen LogP contribution in [0.3, 0.4) is 0 Å². The third-order valence-electron chi connectivity index (χ3n) is 3.39. The van der Waals surface area contributed by atoms with Crippen LogP contribution in [0, 0.1) is 0 Å². The SMILES string of the molecule is CCCN(CCC)C(=O)CN(Cc1ccc(Cl)cc1)S(C)(=O)=O. The molecule has 130 valence electrons. The standard InChI is InChI=1S/C16H25ClN2O3S/c1-4-10-18(11-5-2)16(20)13-19(23(3,21)22)12-14-6-8-15(17)9-7-14/h6-9H,4-5,10-13H2,1-3H3. The average molecular weight is 361 g/mol. The summed E-state index contributed by atoms with van der Waals surface area (Å²) in [6, 6.07) is 6.95. The zero-order valence-corrected chi connectivity index (χ0v) is 15.5. The molecule has 0 spiro atoms. The van der Waals surface area contributed by atoms with E-state index in [1.54, 1.807) is 29.2 Å². The van der Waals surface area contributed by atoms with Crippen molar-refractivity contribution in [3.8, 4) is 0 Å². The maximum Gasteiger partial charge on any atom is 0.237 e. The third-order valence-corrected chi connectivity index (χ3v) is 4.84. The van der Waals surface area contributed by atoms with Crippen LogP contribution in [0.4, 0.5) is 0 Å². The van der Waals surface area contributed by atoms with Gasteiger partial charge in [-0.25, -0.2) is 8.42 Å². The highest BCUT2D eigenvalue weighted by Gasteiger charge is 2.23. The smallest absolute Gasteiger partial charge is 0.237 e. The molecule has 7 heteroatoms. The number of nitrogens with zero attached hydrogens (tertiary/aromatic N) is 2. The summed E-state index contributed by atoms with van der Waals surface area (Å²) in [6.45, 7) is 5.31. The van der Waals surface area contributed by atoms with Crippen LogP contribution in [0.1, 0.15) is 32.3 Å². The second kappa shape index (κ2) is 9.25. The Bertz CT molecular complexity index is 596. The normalized spacial score (nSPS) is 11.7. The number of carbonyl (C=O) groups is 1. The molecular weight excluding hydrogens is 336 g/mol. The van der Waals surface area contributed by atoms with Crippen LogP contribution in [-0.2, 0) is 21.4 Å². The molecule has 1 rings (SSSR count). The lowest BCUT2D eigenvalue weighted by Crippen LogP contribution is -2.42. The zero-order valence-electron chi connectivity index (χ0n) is 14.0. The fraction of sp³-hybridized carbons (Fsp3) is 0.562. The van der Waals surface area contributed by atoms with Crippen molar-refractivity contribution in [1.82, 2.24) is 9.21 Å². The van der Waals surface area contributed by atoms with Gasteiger partial charge in [-0.15, -0.1) is 0 Å². The monoisotopic (exact) mass is 360 g/mol. The maximum absolute atomic E-state index is 12.4. The summed E-state index contributed by atoms with van der Waals surface area (Å²) < 4.78 is 25.2. The molecule has 0 unspecified atom stereocenters. The van der Waals surface area contributed by atoms with Crippen LogP contribution in [-0.4, -0.2) is 49.4 Å². The lowest BCUT2D eigenvalue weighted by Gasteiger charge is -2.26. The molecule has 1 aromatic rings. The number of benzene rings is 1. The minimum atomic E-state index is -3.48. The average Bonchev–Trinajstić information content (AvgIpc) is 2.47. The molecule has 0 saturated heterocycles. The van der Waals surface area contributed by atoms with E-state index in [0.29, 0.717) is 18.1 Å². The molecule has 5 nitrogen and oxygen atoms in total. The largest absolute Gasteiger partial charge is 0.342 e. The summed E-state index contributed by atoms with van der Waals surface area (Å²) in [6.07, 6.45) is 2.82. The minimum Gasteiger partial charge on any atom is -0.342 e. The highest BCUT2D eigenvalue weighted by Crippen LogP contribution is 2.13. The number of rotatable bonds is 9. The molecule has 0 aliphatic rings. The zero-order chi connectivity index (χ0) is 17.5. The fourth-order valence-corrected chi connectivity index (χ4v) is 3.09. The summed E-state index contributed by atoms with van der Waals surface area (Å²) in [5, 5.41) is 0.591. The van der Waals surface area contributed by atoms with Gasteiger partial charge >= 0.3 is 0 Å². The van der Waals surface area contributed by atoms with Gasteiger partial charge in [0.2, 0.25) is 15.9 Å². The molecule has 0 fully saturated rings. The summed E-state index contributed by atoms with van der Waals surface area (Å²) >= 11 is 5.84. The van der Waals surface area contributed by atoms with Crippen molar-refractivity contribution >= 4 is 27.5 Å². The molecule has 0 N–H and O–H groups in total. The molecular formula is C16H25ClN2O3S. The van der Waals surface area contributed by atoms with Crippen molar-refractivity contribution in [3.63, 3.8) is 0 Å². The number of hydrogen-bond donors (Lipinski definition) is 0. The van der Waals surface area contributed by atoms with Gasteiger partial charge in [-0.1, -0.05) is 37.6 Å². The van der Waals surface area contributed by atoms with Crippen molar-refractivity contribution < 1.29 is 13.2 Å². The van der Waals surface area contributed by atoms with E-state index in [2.05, 4.69) is 0 Å². The van der Waals surface area contributed by atoms with Crippen molar-refractivity contribution in [2.75, 3.05) is 25.9 Å². The Hall–Kier alpha value is -1.11. The Balaban J connectivity index is 2.86. The Morgan fingerprint density at radius 1 is 1.09 bits per heavy atom. The highest BCUT2D eigenvalue weighted by molar-refractivity contribution is 7.88. The molecule has 0 aliphatic carbocycles. The van der Waals surface area contributed by atoms with E-state index >= 15 is 0 Å². The molecule has 0 radical (unpaired) electrons. The molecule has 23 heavy (non-hydrogen) atoms. The van der Waals surface area contributed by atoms with E-state index in [9.17, 15) is 13.2 Å². The van der Waals surface area contributed by atoms with Crippen LogP contribution < -0.4 is 0 Å². The van der Waals surface area contributed by atoms with E-state index in [-0.39, 0.29) is 19.0 Å². The fourth-order valence-electron chi connectivity index (χ4n) is 2.24. The van der Waals surface area contributed by atoms with Gasteiger partial charge in [-0.05, 0) is 30.5 Å². The third kappa shape index (κ3) is 6.89. The highest BCUT2D eigenvalue weighted by atomic mass is 35.5. The summed E-state index contributed by atoms with van der Waals surface area (Å²) in [5.74, 6) is -0.159. The lowest BCUT2D eigenvalue weighted by molar-refractivity contribution is -0.131. The van der Waals surface area contributed by atoms with Gasteiger partial charge in [0.25, 0.3) is 0 Å². The number of carbonyl (C=O) groups excluding carboxylic acids is 1. The summed E-state index contributed by atoms with van der Waals surface area (Å²) in [4.78, 5) is 14.1. The van der Waals surface area contributed by atoms with Gasteiger partial charge in [0.05, 0.1) is 12.8 Å². The Morgan fingerprint density at radius 3 is 2.04 bits per heavy atom. The molecule has 0 aromatic heterocycles. The molecule has 0 atom stereocenters. The quantitative estimate of drug-likeness (QED) is 0.680. The van der Waals surface area contributed by atoms with Gasteiger partial charge in [0, 0.05) is 24.7 Å². The first-order valence-electron chi connectivity index (χ1n) is 7.75. The first-order chi connectivity index (χ1) is 10.8. The van der Waals surface area contributed by atoms with Crippen molar-refractivity contribution in [2.24, 2.45) is 0 Å². The van der Waals surface area contributed by atoms with Crippen LogP contribution in [0.15, 0.2) is 24.3 Å². The first-order valence-corrected chi connectivity index (χ1v) is 9.97. The van der Waals surface area contributed by atoms with Crippen LogP contribution in [0.2, 0.25) is 5.02 Å². The van der Waals surface area contributed by atoms with E-state index in [0.717, 1.165) is 24.7 Å². The number of halogens is 1. The number of amides is 1. The van der Waals surface area contributed by atoms with Gasteiger partial charge < -0.3 is 4.90 Å². The predicted octanol–water partition coefficient (Wildman–Crippen LogP) is 2.75. The number of hydrogen-bond acceptors (Lipinski definition) is 3. The molecule has 1 aromatic carbocycles. The van der Waals surface area contributed by atoms with Gasteiger partial charge in [-0.2, -0.15) is 4.31 Å². The molecule has 0 heterocycles. The lowest BCUT2D eigenvalue weighted by atomic mass is 10.2. The van der Waals surface area contributed by atoms with Crippen molar-refractivity contribution in [2.45, 2.75) is 33.2 Å². The Kier molecular flexibility index (Phi) is 8.02. The van der Waals surface area contributed by atoms with Gasteiger partial charge in [0.1, 0.15) is 0 Å². The molecule has 1 amide bonds. The molecule has 0 saturated carbocycles. The number of sulfonamides is 1. The molecule has 0 bridgehead atoms. The van der Waals surface area contributed by atoms with E-state index in [1.165, 1.54) is 4.31 Å². The second-order valence-electron chi connectivity index (χ2n) is 5.54. The van der Waals surface area contributed by atoms with Crippen LogP contribution in [0.5, 0.6) is 0 Å². The first kappa shape index (κ1) is 19.9. The Labute approximate surface area is 144 Å². The van der Waals surface area contributed by atoms with E-state index in [1.807, 2.05) is 13.8 Å². The van der Waals surface area contributed by atoms with E-state index in [4.69, 9.17) is 11.6 Å². The van der Waals surface area contributed by atoms with Gasteiger partial charge in [0.15, 0.2) is 0 Å².